The quantitative estimate of drug-likeness (QED) is 0.757. The average molecular weight is 221 g/mol. The third-order valence-corrected chi connectivity index (χ3v) is 1.86. The fraction of sp³-hybridized carbons (Fsp3) is 0.273. The number of hydrogen-bond acceptors (Lipinski definition) is 2. The number of nitrogens with one attached hydrogen (secondary N) is 2. The van der Waals surface area contributed by atoms with Crippen LogP contribution in [0.2, 0.25) is 0 Å². The number of benzene rings is 1. The van der Waals surface area contributed by atoms with Crippen molar-refractivity contribution in [2.45, 2.75) is 13.0 Å². The number of rotatable bonds is 4. The van der Waals surface area contributed by atoms with Crippen molar-refractivity contribution >= 4 is 6.03 Å². The molecule has 0 saturated heterocycles. The van der Waals surface area contributed by atoms with Crippen molar-refractivity contribution < 1.29 is 9.18 Å². The van der Waals surface area contributed by atoms with E-state index in [0.717, 1.165) is 0 Å². The monoisotopic (exact) mass is 221 g/mol. The summed E-state index contributed by atoms with van der Waals surface area (Å²) in [6.45, 7) is 0.571. The van der Waals surface area contributed by atoms with Crippen LogP contribution in [-0.4, -0.2) is 12.6 Å². The Kier molecular flexibility index (Phi) is 4.80. The molecule has 2 N–H and O–H groups in total. The summed E-state index contributed by atoms with van der Waals surface area (Å²) in [5, 5.41) is 13.3. The Balaban J connectivity index is 2.29. The van der Waals surface area contributed by atoms with Gasteiger partial charge in [0.15, 0.2) is 0 Å². The van der Waals surface area contributed by atoms with Crippen molar-refractivity contribution in [1.29, 1.82) is 5.26 Å². The number of hydrogen-bond donors (Lipinski definition) is 2. The zero-order valence-corrected chi connectivity index (χ0v) is 8.66. The molecule has 0 spiro atoms. The number of amides is 2. The molecule has 0 atom stereocenters. The van der Waals surface area contributed by atoms with Gasteiger partial charge >= 0.3 is 6.03 Å². The average Bonchev–Trinajstić information content (AvgIpc) is 2.27. The predicted octanol–water partition coefficient (Wildman–Crippen LogP) is 1.54. The van der Waals surface area contributed by atoms with Gasteiger partial charge < -0.3 is 10.6 Å². The van der Waals surface area contributed by atoms with Gasteiger partial charge in [0.05, 0.1) is 12.5 Å². The zero-order chi connectivity index (χ0) is 11.8. The van der Waals surface area contributed by atoms with Crippen LogP contribution in [0.15, 0.2) is 24.3 Å². The molecule has 0 aromatic heterocycles. The second kappa shape index (κ2) is 6.40. The first kappa shape index (κ1) is 12.0. The maximum Gasteiger partial charge on any atom is 0.315 e. The van der Waals surface area contributed by atoms with Gasteiger partial charge in [0.2, 0.25) is 0 Å². The molecule has 5 heteroatoms. The zero-order valence-electron chi connectivity index (χ0n) is 8.66. The summed E-state index contributed by atoms with van der Waals surface area (Å²) >= 11 is 0. The van der Waals surface area contributed by atoms with Crippen molar-refractivity contribution in [3.8, 4) is 6.07 Å². The molecule has 0 radical (unpaired) electrons. The van der Waals surface area contributed by atoms with E-state index in [4.69, 9.17) is 5.26 Å². The van der Waals surface area contributed by atoms with E-state index in [2.05, 4.69) is 10.6 Å². The van der Waals surface area contributed by atoms with Gasteiger partial charge in [-0.1, -0.05) is 12.1 Å². The number of nitriles is 1. The van der Waals surface area contributed by atoms with Gasteiger partial charge in [-0.2, -0.15) is 5.26 Å². The molecule has 4 nitrogen and oxygen atoms in total. The summed E-state index contributed by atoms with van der Waals surface area (Å²) in [4.78, 5) is 11.2. The smallest absolute Gasteiger partial charge is 0.315 e. The first-order valence-electron chi connectivity index (χ1n) is 4.85. The van der Waals surface area contributed by atoms with Crippen molar-refractivity contribution in [3.05, 3.63) is 35.6 Å². The van der Waals surface area contributed by atoms with Crippen molar-refractivity contribution in [2.24, 2.45) is 0 Å². The molecule has 0 unspecified atom stereocenters. The lowest BCUT2D eigenvalue weighted by molar-refractivity contribution is 0.240. The molecule has 0 aliphatic heterocycles. The van der Waals surface area contributed by atoms with Gasteiger partial charge in [0.1, 0.15) is 5.82 Å². The molecule has 16 heavy (non-hydrogen) atoms. The van der Waals surface area contributed by atoms with Crippen LogP contribution in [-0.2, 0) is 6.54 Å². The van der Waals surface area contributed by atoms with Gasteiger partial charge in [0, 0.05) is 13.1 Å². The molecule has 2 amide bonds. The molecule has 0 aliphatic rings. The molecule has 1 aromatic rings. The van der Waals surface area contributed by atoms with Crippen LogP contribution in [0.3, 0.4) is 0 Å². The number of carbonyl (C=O) groups is 1. The Morgan fingerprint density at radius 3 is 2.94 bits per heavy atom. The molecule has 84 valence electrons. The number of nitrogens with zero attached hydrogens (tertiary/aromatic N) is 1. The molecule has 0 saturated carbocycles. The summed E-state index contributed by atoms with van der Waals surface area (Å²) in [5.41, 5.74) is 0.690. The summed E-state index contributed by atoms with van der Waals surface area (Å²) in [7, 11) is 0. The highest BCUT2D eigenvalue weighted by molar-refractivity contribution is 5.73. The van der Waals surface area contributed by atoms with Crippen LogP contribution in [0.1, 0.15) is 12.0 Å². The summed E-state index contributed by atoms with van der Waals surface area (Å²) in [5.74, 6) is -0.329. The fourth-order valence-electron chi connectivity index (χ4n) is 1.12. The Labute approximate surface area is 93.1 Å². The molecule has 0 bridgehead atoms. The van der Waals surface area contributed by atoms with E-state index in [1.165, 1.54) is 12.1 Å². The minimum Gasteiger partial charge on any atom is -0.337 e. The fourth-order valence-corrected chi connectivity index (χ4v) is 1.12. The maximum absolute atomic E-state index is 12.8. The highest BCUT2D eigenvalue weighted by Gasteiger charge is 1.99. The van der Waals surface area contributed by atoms with Gasteiger partial charge in [0.25, 0.3) is 0 Å². The predicted molar refractivity (Wildman–Crippen MR) is 56.9 cm³/mol. The molecular weight excluding hydrogens is 209 g/mol. The maximum atomic E-state index is 12.8. The number of urea groups is 1. The lowest BCUT2D eigenvalue weighted by Gasteiger charge is -2.06. The molecule has 1 aromatic carbocycles. The van der Waals surface area contributed by atoms with Gasteiger partial charge in [-0.15, -0.1) is 0 Å². The normalized spacial score (nSPS) is 9.25. The Morgan fingerprint density at radius 1 is 1.44 bits per heavy atom. The first-order valence-corrected chi connectivity index (χ1v) is 4.85. The summed E-state index contributed by atoms with van der Waals surface area (Å²) in [6, 6.07) is 7.56. The van der Waals surface area contributed by atoms with Crippen molar-refractivity contribution in [3.63, 3.8) is 0 Å². The first-order chi connectivity index (χ1) is 7.72. The van der Waals surface area contributed by atoms with E-state index >= 15 is 0 Å². The Hall–Kier alpha value is -2.09. The van der Waals surface area contributed by atoms with Gasteiger partial charge in [-0.25, -0.2) is 9.18 Å². The van der Waals surface area contributed by atoms with Crippen LogP contribution in [0.5, 0.6) is 0 Å². The van der Waals surface area contributed by atoms with E-state index in [-0.39, 0.29) is 24.8 Å². The number of halogens is 1. The summed E-state index contributed by atoms with van der Waals surface area (Å²) < 4.78 is 12.8. The molecule has 0 heterocycles. The SMILES string of the molecule is N#CCCNC(=O)NCc1cccc(F)c1. The topological polar surface area (TPSA) is 64.9 Å². The molecular formula is C11H12FN3O. The molecule has 1 rings (SSSR count). The van der Waals surface area contributed by atoms with Crippen LogP contribution in [0.4, 0.5) is 9.18 Å². The van der Waals surface area contributed by atoms with E-state index < -0.39 is 0 Å². The van der Waals surface area contributed by atoms with Crippen LogP contribution < -0.4 is 10.6 Å². The lowest BCUT2D eigenvalue weighted by atomic mass is 10.2. The summed E-state index contributed by atoms with van der Waals surface area (Å²) in [6.07, 6.45) is 0.271. The number of carbonyl (C=O) groups excluding carboxylic acids is 1. The second-order valence-corrected chi connectivity index (χ2v) is 3.15. The molecule has 0 fully saturated rings. The highest BCUT2D eigenvalue weighted by atomic mass is 19.1. The van der Waals surface area contributed by atoms with Crippen LogP contribution in [0, 0.1) is 17.1 Å². The minimum atomic E-state index is -0.362. The van der Waals surface area contributed by atoms with E-state index in [9.17, 15) is 9.18 Å². The van der Waals surface area contributed by atoms with E-state index in [1.807, 2.05) is 6.07 Å². The largest absolute Gasteiger partial charge is 0.337 e. The van der Waals surface area contributed by atoms with Gasteiger partial charge in [-0.05, 0) is 17.7 Å². The van der Waals surface area contributed by atoms with Crippen LogP contribution >= 0.6 is 0 Å². The van der Waals surface area contributed by atoms with E-state index in [0.29, 0.717) is 12.1 Å². The van der Waals surface area contributed by atoms with Gasteiger partial charge in [-0.3, -0.25) is 0 Å². The minimum absolute atomic E-state index is 0.260. The lowest BCUT2D eigenvalue weighted by Crippen LogP contribution is -2.35. The van der Waals surface area contributed by atoms with Crippen molar-refractivity contribution in [2.75, 3.05) is 6.54 Å². The third kappa shape index (κ3) is 4.42. The Morgan fingerprint density at radius 2 is 2.25 bits per heavy atom. The standard InChI is InChI=1S/C11H12FN3O/c12-10-4-1-3-9(7-10)8-15-11(16)14-6-2-5-13/h1,3-4,7H,2,6,8H2,(H2,14,15,16). The molecule has 0 aliphatic carbocycles. The third-order valence-electron chi connectivity index (χ3n) is 1.86. The Bertz CT molecular complexity index is 400. The van der Waals surface area contributed by atoms with Crippen molar-refractivity contribution in [1.82, 2.24) is 10.6 Å². The second-order valence-electron chi connectivity index (χ2n) is 3.15. The van der Waals surface area contributed by atoms with E-state index in [1.54, 1.807) is 12.1 Å². The van der Waals surface area contributed by atoms with Crippen LogP contribution in [0.25, 0.3) is 0 Å². The highest BCUT2D eigenvalue weighted by Crippen LogP contribution is 2.02.